The molecule has 0 aliphatic rings. The topological polar surface area (TPSA) is 0 Å². The molecule has 0 amide bonds. The van der Waals surface area contributed by atoms with Crippen LogP contribution in [0, 0.1) is 0 Å². The van der Waals surface area contributed by atoms with Crippen molar-refractivity contribution in [3.05, 3.63) is 33.8 Å². The molecule has 0 unspecified atom stereocenters. The maximum absolute atomic E-state index is 6.03. The summed E-state index contributed by atoms with van der Waals surface area (Å²) >= 11 is 12.1. The second kappa shape index (κ2) is 3.27. The fourth-order valence-electron chi connectivity index (χ4n) is 1.21. The Labute approximate surface area is 83.5 Å². The highest BCUT2D eigenvalue weighted by Gasteiger charge is 2.19. The van der Waals surface area contributed by atoms with Crippen LogP contribution in [0.3, 0.4) is 0 Å². The van der Waals surface area contributed by atoms with Gasteiger partial charge in [0.15, 0.2) is 0 Å². The number of benzene rings is 1. The van der Waals surface area contributed by atoms with Crippen LogP contribution < -0.4 is 0 Å². The molecule has 12 heavy (non-hydrogen) atoms. The average Bonchev–Trinajstić information content (AvgIpc) is 1.82. The summed E-state index contributed by atoms with van der Waals surface area (Å²) < 4.78 is 0. The quantitative estimate of drug-likeness (QED) is 0.589. The van der Waals surface area contributed by atoms with E-state index in [9.17, 15) is 0 Å². The van der Waals surface area contributed by atoms with Crippen molar-refractivity contribution in [2.45, 2.75) is 26.2 Å². The molecule has 0 saturated carbocycles. The van der Waals surface area contributed by atoms with Crippen LogP contribution in [-0.2, 0) is 5.41 Å². The van der Waals surface area contributed by atoms with Crippen molar-refractivity contribution in [2.75, 3.05) is 0 Å². The van der Waals surface area contributed by atoms with Crippen molar-refractivity contribution >= 4 is 23.2 Å². The molecule has 0 bridgehead atoms. The van der Waals surface area contributed by atoms with Crippen molar-refractivity contribution in [1.29, 1.82) is 0 Å². The first-order valence-electron chi connectivity index (χ1n) is 3.87. The van der Waals surface area contributed by atoms with Crippen molar-refractivity contribution in [2.24, 2.45) is 0 Å². The highest BCUT2D eigenvalue weighted by Crippen LogP contribution is 2.34. The van der Waals surface area contributed by atoms with Crippen molar-refractivity contribution in [3.8, 4) is 0 Å². The number of hydrogen-bond acceptors (Lipinski definition) is 0. The Bertz CT molecular complexity index is 264. The second-order valence-electron chi connectivity index (χ2n) is 3.85. The summed E-state index contributed by atoms with van der Waals surface area (Å²) in [7, 11) is 0. The maximum Gasteiger partial charge on any atom is 0.0458 e. The predicted octanol–water partition coefficient (Wildman–Crippen LogP) is 4.29. The van der Waals surface area contributed by atoms with Gasteiger partial charge in [0, 0.05) is 10.0 Å². The van der Waals surface area contributed by atoms with Gasteiger partial charge in [-0.05, 0) is 23.1 Å². The summed E-state index contributed by atoms with van der Waals surface area (Å²) in [5, 5.41) is 1.49. The predicted molar refractivity (Wildman–Crippen MR) is 55.2 cm³/mol. The summed E-state index contributed by atoms with van der Waals surface area (Å²) in [5.41, 5.74) is 1.03. The van der Waals surface area contributed by atoms with Gasteiger partial charge < -0.3 is 0 Å². The molecule has 0 atom stereocenters. The van der Waals surface area contributed by atoms with Gasteiger partial charge in [-0.25, -0.2) is 0 Å². The lowest BCUT2D eigenvalue weighted by Crippen LogP contribution is -2.12. The number of halogens is 2. The first-order valence-corrected chi connectivity index (χ1v) is 4.63. The first kappa shape index (κ1) is 9.88. The fraction of sp³-hybridized carbons (Fsp3) is 0.400. The summed E-state index contributed by atoms with van der Waals surface area (Å²) in [4.78, 5) is 0. The Hall–Kier alpha value is -0.200. The van der Waals surface area contributed by atoms with Crippen LogP contribution in [0.15, 0.2) is 18.2 Å². The van der Waals surface area contributed by atoms with Crippen molar-refractivity contribution in [1.82, 2.24) is 0 Å². The Balaban J connectivity index is 3.31. The summed E-state index contributed by atoms with van der Waals surface area (Å²) in [6, 6.07) is 5.60. The summed E-state index contributed by atoms with van der Waals surface area (Å²) in [6.45, 7) is 6.29. The SMILES string of the molecule is CC(C)(C)c1c(Cl)cccc1Cl. The van der Waals surface area contributed by atoms with Gasteiger partial charge in [-0.15, -0.1) is 0 Å². The molecule has 0 aliphatic carbocycles. The minimum atomic E-state index is 0.00935. The molecule has 1 rings (SSSR count). The van der Waals surface area contributed by atoms with Crippen LogP contribution in [0.2, 0.25) is 10.0 Å². The van der Waals surface area contributed by atoms with Crippen LogP contribution in [-0.4, -0.2) is 0 Å². The normalized spacial score (nSPS) is 11.8. The molecule has 66 valence electrons. The lowest BCUT2D eigenvalue weighted by Gasteiger charge is -2.21. The molecule has 1 aromatic rings. The first-order chi connectivity index (χ1) is 5.43. The van der Waals surface area contributed by atoms with Crippen LogP contribution in [0.5, 0.6) is 0 Å². The third-order valence-corrected chi connectivity index (χ3v) is 2.34. The molecule has 0 N–H and O–H groups in total. The van der Waals surface area contributed by atoms with Gasteiger partial charge in [0.05, 0.1) is 0 Å². The maximum atomic E-state index is 6.03. The van der Waals surface area contributed by atoms with Crippen LogP contribution >= 0.6 is 23.2 Å². The standard InChI is InChI=1S/C10H12Cl2/c1-10(2,3)9-7(11)5-4-6-8(9)12/h4-6H,1-3H3. The molecular formula is C10H12Cl2. The zero-order valence-electron chi connectivity index (χ0n) is 7.49. The van der Waals surface area contributed by atoms with Crippen LogP contribution in [0.25, 0.3) is 0 Å². The Morgan fingerprint density at radius 2 is 1.42 bits per heavy atom. The largest absolute Gasteiger partial charge is 0.0840 e. The minimum Gasteiger partial charge on any atom is -0.0840 e. The molecule has 2 heteroatoms. The van der Waals surface area contributed by atoms with E-state index in [1.165, 1.54) is 0 Å². The number of hydrogen-bond donors (Lipinski definition) is 0. The van der Waals surface area contributed by atoms with Gasteiger partial charge in [0.2, 0.25) is 0 Å². The molecule has 0 radical (unpaired) electrons. The molecule has 0 spiro atoms. The average molecular weight is 203 g/mol. The second-order valence-corrected chi connectivity index (χ2v) is 4.66. The van der Waals surface area contributed by atoms with E-state index < -0.39 is 0 Å². The van der Waals surface area contributed by atoms with E-state index >= 15 is 0 Å². The van der Waals surface area contributed by atoms with Crippen LogP contribution in [0.4, 0.5) is 0 Å². The van der Waals surface area contributed by atoms with Gasteiger partial charge >= 0.3 is 0 Å². The van der Waals surface area contributed by atoms with Gasteiger partial charge in [0.25, 0.3) is 0 Å². The van der Waals surface area contributed by atoms with E-state index in [1.54, 1.807) is 0 Å². The van der Waals surface area contributed by atoms with Crippen molar-refractivity contribution in [3.63, 3.8) is 0 Å². The highest BCUT2D eigenvalue weighted by molar-refractivity contribution is 6.36. The van der Waals surface area contributed by atoms with E-state index in [0.29, 0.717) is 0 Å². The lowest BCUT2D eigenvalue weighted by molar-refractivity contribution is 0.591. The molecule has 0 aromatic heterocycles. The minimum absolute atomic E-state index is 0.00935. The van der Waals surface area contributed by atoms with Gasteiger partial charge in [0.1, 0.15) is 0 Å². The molecular weight excluding hydrogens is 191 g/mol. The van der Waals surface area contributed by atoms with Gasteiger partial charge in [-0.1, -0.05) is 50.0 Å². The molecule has 0 saturated heterocycles. The Kier molecular flexibility index (Phi) is 2.70. The molecule has 0 aliphatic heterocycles. The Morgan fingerprint density at radius 1 is 1.00 bits per heavy atom. The summed E-state index contributed by atoms with van der Waals surface area (Å²) in [5.74, 6) is 0. The molecule has 0 fully saturated rings. The van der Waals surface area contributed by atoms with Crippen molar-refractivity contribution < 1.29 is 0 Å². The highest BCUT2D eigenvalue weighted by atomic mass is 35.5. The molecule has 0 heterocycles. The van der Waals surface area contributed by atoms with E-state index in [1.807, 2.05) is 18.2 Å². The van der Waals surface area contributed by atoms with E-state index in [0.717, 1.165) is 15.6 Å². The van der Waals surface area contributed by atoms with Crippen LogP contribution in [0.1, 0.15) is 26.3 Å². The fourth-order valence-corrected chi connectivity index (χ4v) is 2.18. The summed E-state index contributed by atoms with van der Waals surface area (Å²) in [6.07, 6.45) is 0. The smallest absolute Gasteiger partial charge is 0.0458 e. The third-order valence-electron chi connectivity index (χ3n) is 1.71. The monoisotopic (exact) mass is 202 g/mol. The zero-order chi connectivity index (χ0) is 9.35. The van der Waals surface area contributed by atoms with E-state index in [2.05, 4.69) is 20.8 Å². The van der Waals surface area contributed by atoms with E-state index in [4.69, 9.17) is 23.2 Å². The molecule has 0 nitrogen and oxygen atoms in total. The Morgan fingerprint density at radius 3 is 1.67 bits per heavy atom. The molecule has 1 aromatic carbocycles. The lowest BCUT2D eigenvalue weighted by atomic mass is 9.87. The van der Waals surface area contributed by atoms with Gasteiger partial charge in [-0.3, -0.25) is 0 Å². The third kappa shape index (κ3) is 1.94. The zero-order valence-corrected chi connectivity index (χ0v) is 9.00. The number of rotatable bonds is 0. The van der Waals surface area contributed by atoms with E-state index in [-0.39, 0.29) is 5.41 Å². The van der Waals surface area contributed by atoms with Gasteiger partial charge in [-0.2, -0.15) is 0 Å².